The van der Waals surface area contributed by atoms with Gasteiger partial charge in [-0.15, -0.1) is 0 Å². The highest BCUT2D eigenvalue weighted by Gasteiger charge is 2.28. The largest absolute Gasteiger partial charge is 0.467 e. The second-order valence-electron chi connectivity index (χ2n) is 8.35. The predicted octanol–water partition coefficient (Wildman–Crippen LogP) is 3.77. The summed E-state index contributed by atoms with van der Waals surface area (Å²) < 4.78 is 11.1. The van der Waals surface area contributed by atoms with E-state index in [0.717, 1.165) is 24.1 Å². The topological polar surface area (TPSA) is 116 Å². The summed E-state index contributed by atoms with van der Waals surface area (Å²) in [6.07, 6.45) is 3.73. The average Bonchev–Trinajstić information content (AvgIpc) is 2.91. The van der Waals surface area contributed by atoms with E-state index in [2.05, 4.69) is 23.3 Å². The van der Waals surface area contributed by atoms with E-state index in [9.17, 15) is 9.59 Å². The van der Waals surface area contributed by atoms with Crippen molar-refractivity contribution in [2.45, 2.75) is 50.8 Å². The standard InChI is InChI=1S/C26H38N4O4S2/c1-4-5-11-23(24(31)29-22(14-15-36-3)26(32)33-2)34-25-21(28-16-19(27)17-35)13-12-20(30-25)18-9-7-6-8-10-18/h6-10,12-13,19,22-23,28,35H,4-5,11,14-17,27H2,1-3H3,(H,29,31)/t19?,22?,23-/m0/s1. The summed E-state index contributed by atoms with van der Waals surface area (Å²) >= 11 is 5.85. The molecule has 1 amide bonds. The SMILES string of the molecule is CCCC[C@H](Oc1nc(-c2ccccc2)ccc1NCC(N)CS)C(=O)NC(CCSC)C(=O)OC. The van der Waals surface area contributed by atoms with Crippen molar-refractivity contribution in [1.29, 1.82) is 0 Å². The first-order valence-corrected chi connectivity index (χ1v) is 14.2. The third kappa shape index (κ3) is 9.55. The number of nitrogens with one attached hydrogen (secondary N) is 2. The molecule has 0 aliphatic rings. The molecule has 8 nitrogen and oxygen atoms in total. The van der Waals surface area contributed by atoms with Crippen LogP contribution in [0.3, 0.4) is 0 Å². The molecule has 0 saturated carbocycles. The Morgan fingerprint density at radius 1 is 1.17 bits per heavy atom. The number of unbranched alkanes of at least 4 members (excludes halogenated alkanes) is 1. The van der Waals surface area contributed by atoms with Crippen molar-refractivity contribution in [3.8, 4) is 17.1 Å². The molecule has 1 heterocycles. The molecule has 3 atom stereocenters. The van der Waals surface area contributed by atoms with Gasteiger partial charge in [0, 0.05) is 23.9 Å². The highest BCUT2D eigenvalue weighted by atomic mass is 32.2. The van der Waals surface area contributed by atoms with Crippen LogP contribution in [-0.4, -0.2) is 66.5 Å². The zero-order valence-corrected chi connectivity index (χ0v) is 22.9. The Morgan fingerprint density at radius 2 is 1.92 bits per heavy atom. The van der Waals surface area contributed by atoms with E-state index in [1.54, 1.807) is 11.8 Å². The van der Waals surface area contributed by atoms with Crippen LogP contribution in [0.4, 0.5) is 5.69 Å². The number of methoxy groups -OCH3 is 1. The minimum absolute atomic E-state index is 0.161. The number of nitrogens with zero attached hydrogens (tertiary/aromatic N) is 1. The number of amides is 1. The number of carbonyl (C=O) groups excluding carboxylic acids is 2. The molecule has 36 heavy (non-hydrogen) atoms. The number of benzene rings is 1. The van der Waals surface area contributed by atoms with Gasteiger partial charge in [-0.1, -0.05) is 43.7 Å². The van der Waals surface area contributed by atoms with Crippen molar-refractivity contribution in [2.75, 3.05) is 36.7 Å². The minimum Gasteiger partial charge on any atom is -0.467 e. The first-order valence-electron chi connectivity index (χ1n) is 12.1. The van der Waals surface area contributed by atoms with Crippen LogP contribution in [-0.2, 0) is 14.3 Å². The number of hydrogen-bond acceptors (Lipinski definition) is 9. The summed E-state index contributed by atoms with van der Waals surface area (Å²) in [5.74, 6) is 0.688. The molecule has 0 bridgehead atoms. The van der Waals surface area contributed by atoms with Gasteiger partial charge in [0.15, 0.2) is 6.10 Å². The molecule has 0 spiro atoms. The minimum atomic E-state index is -0.830. The summed E-state index contributed by atoms with van der Waals surface area (Å²) in [7, 11) is 1.32. The number of anilines is 1. The van der Waals surface area contributed by atoms with Gasteiger partial charge in [0.25, 0.3) is 5.91 Å². The lowest BCUT2D eigenvalue weighted by atomic mass is 10.1. The molecule has 10 heteroatoms. The fourth-order valence-electron chi connectivity index (χ4n) is 3.40. The Kier molecular flexibility index (Phi) is 13.5. The molecule has 2 unspecified atom stereocenters. The van der Waals surface area contributed by atoms with Crippen molar-refractivity contribution in [3.05, 3.63) is 42.5 Å². The number of aromatic nitrogens is 1. The van der Waals surface area contributed by atoms with Crippen LogP contribution in [0, 0.1) is 0 Å². The molecule has 0 aliphatic heterocycles. The number of pyridine rings is 1. The molecule has 2 rings (SSSR count). The third-order valence-electron chi connectivity index (χ3n) is 5.50. The van der Waals surface area contributed by atoms with E-state index in [-0.39, 0.29) is 11.9 Å². The van der Waals surface area contributed by atoms with Gasteiger partial charge in [-0.2, -0.15) is 24.4 Å². The van der Waals surface area contributed by atoms with Gasteiger partial charge < -0.3 is 25.8 Å². The zero-order chi connectivity index (χ0) is 26.3. The number of rotatable bonds is 16. The van der Waals surface area contributed by atoms with E-state index < -0.39 is 18.1 Å². The number of thiol groups is 1. The Hall–Kier alpha value is -2.43. The lowest BCUT2D eigenvalue weighted by Crippen LogP contribution is -2.48. The molecule has 0 radical (unpaired) electrons. The number of ether oxygens (including phenoxy) is 2. The van der Waals surface area contributed by atoms with Crippen LogP contribution in [0.5, 0.6) is 5.88 Å². The van der Waals surface area contributed by atoms with Gasteiger partial charge in [0.2, 0.25) is 5.88 Å². The summed E-state index contributed by atoms with van der Waals surface area (Å²) in [6, 6.07) is 12.6. The summed E-state index contributed by atoms with van der Waals surface area (Å²) in [5.41, 5.74) is 8.31. The van der Waals surface area contributed by atoms with Crippen LogP contribution in [0.1, 0.15) is 32.6 Å². The highest BCUT2D eigenvalue weighted by Crippen LogP contribution is 2.29. The maximum atomic E-state index is 13.3. The quantitative estimate of drug-likeness (QED) is 0.190. The maximum absolute atomic E-state index is 13.3. The fourth-order valence-corrected chi connectivity index (χ4v) is 4.00. The van der Waals surface area contributed by atoms with Crippen molar-refractivity contribution in [2.24, 2.45) is 5.73 Å². The average molecular weight is 535 g/mol. The molecule has 198 valence electrons. The molecule has 4 N–H and O–H groups in total. The third-order valence-corrected chi connectivity index (χ3v) is 6.61. The Balaban J connectivity index is 2.34. The van der Waals surface area contributed by atoms with E-state index >= 15 is 0 Å². The van der Waals surface area contributed by atoms with E-state index in [1.165, 1.54) is 7.11 Å². The summed E-state index contributed by atoms with van der Waals surface area (Å²) in [4.78, 5) is 30.3. The number of esters is 1. The molecular weight excluding hydrogens is 496 g/mol. The second kappa shape index (κ2) is 16.3. The van der Waals surface area contributed by atoms with Gasteiger partial charge in [0.1, 0.15) is 6.04 Å². The van der Waals surface area contributed by atoms with Crippen molar-refractivity contribution >= 4 is 42.0 Å². The van der Waals surface area contributed by atoms with Gasteiger partial charge >= 0.3 is 5.97 Å². The summed E-state index contributed by atoms with van der Waals surface area (Å²) in [6.45, 7) is 2.52. The predicted molar refractivity (Wildman–Crippen MR) is 151 cm³/mol. The van der Waals surface area contributed by atoms with Crippen LogP contribution in [0.25, 0.3) is 11.3 Å². The number of nitrogens with two attached hydrogens (primary N) is 1. The van der Waals surface area contributed by atoms with Crippen LogP contribution < -0.4 is 21.1 Å². The Labute approximate surface area is 223 Å². The normalized spacial score (nSPS) is 13.4. The molecule has 0 saturated heterocycles. The maximum Gasteiger partial charge on any atom is 0.328 e. The second-order valence-corrected chi connectivity index (χ2v) is 9.70. The van der Waals surface area contributed by atoms with Crippen LogP contribution >= 0.6 is 24.4 Å². The summed E-state index contributed by atoms with van der Waals surface area (Å²) in [5, 5.41) is 6.10. The smallest absolute Gasteiger partial charge is 0.328 e. The lowest BCUT2D eigenvalue weighted by molar-refractivity contribution is -0.146. The van der Waals surface area contributed by atoms with Gasteiger partial charge in [-0.25, -0.2) is 9.78 Å². The number of carbonyl (C=O) groups is 2. The van der Waals surface area contributed by atoms with Crippen molar-refractivity contribution in [1.82, 2.24) is 10.3 Å². The van der Waals surface area contributed by atoms with E-state index in [0.29, 0.717) is 42.5 Å². The van der Waals surface area contributed by atoms with E-state index in [4.69, 9.17) is 20.2 Å². The Morgan fingerprint density at radius 3 is 2.56 bits per heavy atom. The van der Waals surface area contributed by atoms with E-state index in [1.807, 2.05) is 55.6 Å². The Bertz CT molecular complexity index is 949. The van der Waals surface area contributed by atoms with Crippen LogP contribution in [0.2, 0.25) is 0 Å². The van der Waals surface area contributed by atoms with Crippen molar-refractivity contribution < 1.29 is 19.1 Å². The monoisotopic (exact) mass is 534 g/mol. The molecule has 2 aromatic rings. The molecule has 0 fully saturated rings. The fraction of sp³-hybridized carbons (Fsp3) is 0.500. The first-order chi connectivity index (χ1) is 17.4. The number of hydrogen-bond donors (Lipinski definition) is 4. The molecule has 1 aromatic heterocycles. The zero-order valence-electron chi connectivity index (χ0n) is 21.2. The lowest BCUT2D eigenvalue weighted by Gasteiger charge is -2.23. The number of thioether (sulfide) groups is 1. The van der Waals surface area contributed by atoms with Gasteiger partial charge in [-0.05, 0) is 43.4 Å². The van der Waals surface area contributed by atoms with Gasteiger partial charge in [0.05, 0.1) is 18.5 Å². The van der Waals surface area contributed by atoms with Crippen LogP contribution in [0.15, 0.2) is 42.5 Å². The highest BCUT2D eigenvalue weighted by molar-refractivity contribution is 7.98. The molecule has 0 aliphatic carbocycles. The molecule has 1 aromatic carbocycles. The molecular formula is C26H38N4O4S2. The van der Waals surface area contributed by atoms with Crippen molar-refractivity contribution in [3.63, 3.8) is 0 Å². The first kappa shape index (κ1) is 29.8. The van der Waals surface area contributed by atoms with Gasteiger partial charge in [-0.3, -0.25) is 4.79 Å².